The predicted molar refractivity (Wildman–Crippen MR) is 62.8 cm³/mol. The molecule has 0 atom stereocenters. The number of likely N-dealkylation sites (N-methyl/N-ethyl adjacent to an activating group) is 1. The molecule has 0 unspecified atom stereocenters. The molecule has 14 heavy (non-hydrogen) atoms. The average Bonchev–Trinajstić information content (AvgIpc) is 2.25. The molecule has 1 nitrogen and oxygen atoms in total. The van der Waals surface area contributed by atoms with Gasteiger partial charge in [-0.25, -0.2) is 0 Å². The fourth-order valence-corrected chi connectivity index (χ4v) is 1.50. The number of nitrogens with zero attached hydrogens (tertiary/aromatic N) is 1. The molecular formula is C12H18LiN. The molecule has 2 heteroatoms. The molecule has 0 amide bonds. The Balaban J connectivity index is 2.20. The molecule has 0 saturated heterocycles. The van der Waals surface area contributed by atoms with Crippen molar-refractivity contribution in [3.8, 4) is 0 Å². The Kier molecular flexibility index (Phi) is 6.03. The van der Waals surface area contributed by atoms with Crippen LogP contribution in [0.3, 0.4) is 0 Å². The van der Waals surface area contributed by atoms with E-state index in [0.717, 1.165) is 0 Å². The number of hydrogen-bond acceptors (Lipinski definition) is 1. The number of hydrogen-bond donors (Lipinski definition) is 0. The minimum atomic E-state index is 1.17. The van der Waals surface area contributed by atoms with Gasteiger partial charge in [0.05, 0.1) is 0 Å². The molecule has 0 N–H and O–H groups in total. The summed E-state index contributed by atoms with van der Waals surface area (Å²) in [6.45, 7) is 2.40. The maximum atomic E-state index is 2.41. The quantitative estimate of drug-likeness (QED) is 0.611. The fraction of sp³-hybridized carbons (Fsp3) is 0.500. The summed E-state index contributed by atoms with van der Waals surface area (Å²) in [7, 11) is 2.21. The maximum absolute atomic E-state index is 2.41. The van der Waals surface area contributed by atoms with E-state index in [4.69, 9.17) is 0 Å². The third kappa shape index (κ3) is 4.86. The Morgan fingerprint density at radius 3 is 2.50 bits per heavy atom. The number of rotatable bonds is 6. The first kappa shape index (κ1) is 11.8. The van der Waals surface area contributed by atoms with Gasteiger partial charge in [-0.1, -0.05) is 0 Å². The van der Waals surface area contributed by atoms with E-state index in [-0.39, 0.29) is 0 Å². The van der Waals surface area contributed by atoms with E-state index in [0.29, 0.717) is 0 Å². The fourth-order valence-electron chi connectivity index (χ4n) is 1.50. The van der Waals surface area contributed by atoms with E-state index in [1.54, 1.807) is 0 Å². The van der Waals surface area contributed by atoms with Crippen molar-refractivity contribution in [1.82, 2.24) is 4.90 Å². The monoisotopic (exact) mass is 183 g/mol. The Hall–Kier alpha value is -0.223. The van der Waals surface area contributed by atoms with Crippen molar-refractivity contribution >= 4 is 17.7 Å². The minimum absolute atomic E-state index is 1.17. The van der Waals surface area contributed by atoms with Crippen molar-refractivity contribution in [2.45, 2.75) is 17.9 Å². The Labute approximate surface area is 96.7 Å². The van der Waals surface area contributed by atoms with Gasteiger partial charge in [-0.3, -0.25) is 0 Å². The molecule has 0 fully saturated rings. The molecule has 0 aliphatic carbocycles. The van der Waals surface area contributed by atoms with Crippen LogP contribution in [0.15, 0.2) is 30.3 Å². The van der Waals surface area contributed by atoms with Crippen LogP contribution >= 0.6 is 0 Å². The molecular weight excluding hydrogens is 165 g/mol. The second-order valence-electron chi connectivity index (χ2n) is 3.89. The Morgan fingerprint density at radius 1 is 1.14 bits per heavy atom. The van der Waals surface area contributed by atoms with E-state index in [1.807, 2.05) is 0 Å². The van der Waals surface area contributed by atoms with Crippen LogP contribution in [0, 0.1) is 0 Å². The van der Waals surface area contributed by atoms with E-state index in [1.165, 1.54) is 36.6 Å². The second kappa shape index (κ2) is 7.12. The summed E-state index contributed by atoms with van der Waals surface area (Å²) in [5, 5.41) is 1.29. The van der Waals surface area contributed by atoms with Gasteiger partial charge >= 0.3 is 96.6 Å². The molecule has 0 aliphatic rings. The zero-order chi connectivity index (χ0) is 10.2. The average molecular weight is 183 g/mol. The summed E-state index contributed by atoms with van der Waals surface area (Å²) in [6.07, 6.45) is 2.48. The van der Waals surface area contributed by atoms with Crippen LogP contribution in [-0.2, 0) is 6.42 Å². The summed E-state index contributed by atoms with van der Waals surface area (Å²) in [5.74, 6) is 0. The zero-order valence-electron chi connectivity index (χ0n) is 9.37. The molecule has 0 bridgehead atoms. The van der Waals surface area contributed by atoms with Gasteiger partial charge in [0.2, 0.25) is 0 Å². The van der Waals surface area contributed by atoms with Crippen molar-refractivity contribution in [3.63, 3.8) is 0 Å². The molecule has 0 radical (unpaired) electrons. The summed E-state index contributed by atoms with van der Waals surface area (Å²) < 4.78 is 0. The van der Waals surface area contributed by atoms with Crippen LogP contribution in [0.25, 0.3) is 0 Å². The van der Waals surface area contributed by atoms with Gasteiger partial charge in [-0.2, -0.15) is 0 Å². The standard InChI is InChI=1S/C12H18N.Li/c1-3-10-13(2)11-9-12-7-5-4-6-8-12;/h4-8H,1,3,9-11H2,2H3;. The van der Waals surface area contributed by atoms with Gasteiger partial charge < -0.3 is 0 Å². The van der Waals surface area contributed by atoms with Crippen molar-refractivity contribution < 1.29 is 0 Å². The van der Waals surface area contributed by atoms with Crippen molar-refractivity contribution in [1.29, 1.82) is 0 Å². The van der Waals surface area contributed by atoms with Crippen molar-refractivity contribution in [2.24, 2.45) is 0 Å². The molecule has 0 heterocycles. The molecule has 72 valence electrons. The van der Waals surface area contributed by atoms with Crippen LogP contribution in [0.5, 0.6) is 0 Å². The van der Waals surface area contributed by atoms with E-state index in [9.17, 15) is 0 Å². The Bertz CT molecular complexity index is 235. The first-order chi connectivity index (χ1) is 6.83. The van der Waals surface area contributed by atoms with Crippen LogP contribution in [-0.4, -0.2) is 42.8 Å². The van der Waals surface area contributed by atoms with Crippen LogP contribution < -0.4 is 0 Å². The predicted octanol–water partition coefficient (Wildman–Crippen LogP) is 2.14. The van der Waals surface area contributed by atoms with E-state index >= 15 is 0 Å². The van der Waals surface area contributed by atoms with Crippen LogP contribution in [0.2, 0.25) is 5.09 Å². The van der Waals surface area contributed by atoms with Crippen molar-refractivity contribution in [2.75, 3.05) is 20.1 Å². The molecule has 0 aromatic heterocycles. The van der Waals surface area contributed by atoms with Gasteiger partial charge in [0.15, 0.2) is 0 Å². The van der Waals surface area contributed by atoms with Crippen molar-refractivity contribution in [3.05, 3.63) is 35.9 Å². The second-order valence-corrected chi connectivity index (χ2v) is 3.89. The molecule has 1 aromatic carbocycles. The van der Waals surface area contributed by atoms with Gasteiger partial charge in [0.1, 0.15) is 0 Å². The third-order valence-electron chi connectivity index (χ3n) is 2.52. The molecule has 0 saturated carbocycles. The van der Waals surface area contributed by atoms with Crippen LogP contribution in [0.1, 0.15) is 12.0 Å². The molecule has 1 rings (SSSR count). The summed E-state index contributed by atoms with van der Waals surface area (Å²) in [4.78, 5) is 2.41. The molecule has 1 aromatic rings. The Morgan fingerprint density at radius 2 is 1.86 bits per heavy atom. The summed E-state index contributed by atoms with van der Waals surface area (Å²) in [5.41, 5.74) is 1.44. The third-order valence-corrected chi connectivity index (χ3v) is 2.52. The van der Waals surface area contributed by atoms with Gasteiger partial charge in [0, 0.05) is 0 Å². The first-order valence-corrected chi connectivity index (χ1v) is 5.55. The SMILES string of the molecule is [Li][CH2]CCN(C)CCc1ccccc1. The normalized spacial score (nSPS) is 10.9. The molecule has 0 spiro atoms. The van der Waals surface area contributed by atoms with Gasteiger partial charge in [-0.15, -0.1) is 0 Å². The van der Waals surface area contributed by atoms with Crippen LogP contribution in [0.4, 0.5) is 0 Å². The van der Waals surface area contributed by atoms with Gasteiger partial charge in [0.25, 0.3) is 0 Å². The van der Waals surface area contributed by atoms with E-state index < -0.39 is 0 Å². The zero-order valence-corrected chi connectivity index (χ0v) is 9.37. The summed E-state index contributed by atoms with van der Waals surface area (Å²) >= 11 is 2.24. The van der Waals surface area contributed by atoms with Gasteiger partial charge in [-0.05, 0) is 0 Å². The topological polar surface area (TPSA) is 3.24 Å². The van der Waals surface area contributed by atoms with E-state index in [2.05, 4.69) is 60.0 Å². The number of benzene rings is 1. The molecule has 0 aliphatic heterocycles. The summed E-state index contributed by atoms with van der Waals surface area (Å²) in [6, 6.07) is 10.7. The first-order valence-electron chi connectivity index (χ1n) is 5.55.